The summed E-state index contributed by atoms with van der Waals surface area (Å²) in [6.45, 7) is 14.0. The number of nitrogens with zero attached hydrogens (tertiary/aromatic N) is 2. The van der Waals surface area contributed by atoms with Crippen LogP contribution in [-0.2, 0) is 9.47 Å². The van der Waals surface area contributed by atoms with Crippen molar-refractivity contribution in [3.63, 3.8) is 0 Å². The lowest BCUT2D eigenvalue weighted by Gasteiger charge is -2.29. The Bertz CT molecular complexity index is 617. The number of amides is 2. The fourth-order valence-electron chi connectivity index (χ4n) is 1.75. The smallest absolute Gasteiger partial charge is 0.425 e. The molecule has 0 aliphatic rings. The number of aromatic nitrogens is 1. The van der Waals surface area contributed by atoms with Gasteiger partial charge in [-0.15, -0.1) is 0 Å². The molecule has 0 spiro atoms. The molecule has 1 rings (SSSR count). The topological polar surface area (TPSA) is 68.7 Å². The predicted molar refractivity (Wildman–Crippen MR) is 96.4 cm³/mol. The van der Waals surface area contributed by atoms with E-state index < -0.39 is 23.4 Å². The third kappa shape index (κ3) is 5.47. The highest BCUT2D eigenvalue weighted by molar-refractivity contribution is 9.10. The Morgan fingerprint density at radius 1 is 0.958 bits per heavy atom. The van der Waals surface area contributed by atoms with Crippen molar-refractivity contribution in [2.75, 3.05) is 4.90 Å². The lowest BCUT2D eigenvalue weighted by molar-refractivity contribution is 0.0428. The van der Waals surface area contributed by atoms with Crippen LogP contribution in [0, 0.1) is 13.8 Å². The van der Waals surface area contributed by atoms with Gasteiger partial charge in [-0.25, -0.2) is 14.6 Å². The summed E-state index contributed by atoms with van der Waals surface area (Å²) in [5.41, 5.74) is 0.0453. The molecule has 0 aliphatic heterocycles. The second kappa shape index (κ2) is 7.09. The van der Waals surface area contributed by atoms with Crippen LogP contribution in [0.2, 0.25) is 0 Å². The summed E-state index contributed by atoms with van der Waals surface area (Å²) >= 11 is 3.39. The van der Waals surface area contributed by atoms with E-state index in [1.165, 1.54) is 0 Å². The maximum absolute atomic E-state index is 12.6. The molecule has 0 atom stereocenters. The van der Waals surface area contributed by atoms with Gasteiger partial charge in [0.15, 0.2) is 5.82 Å². The second-order valence-corrected chi connectivity index (χ2v) is 8.33. The van der Waals surface area contributed by atoms with E-state index in [-0.39, 0.29) is 5.82 Å². The molecule has 1 heterocycles. The molecule has 0 unspecified atom stereocenters. The highest BCUT2D eigenvalue weighted by atomic mass is 79.9. The predicted octanol–water partition coefficient (Wildman–Crippen LogP) is 5.14. The van der Waals surface area contributed by atoms with Crippen molar-refractivity contribution in [1.29, 1.82) is 0 Å². The lowest BCUT2D eigenvalue weighted by Crippen LogP contribution is -2.44. The van der Waals surface area contributed by atoms with Gasteiger partial charge in [-0.3, -0.25) is 0 Å². The minimum Gasteiger partial charge on any atom is -0.443 e. The van der Waals surface area contributed by atoms with Gasteiger partial charge in [0.1, 0.15) is 11.2 Å². The van der Waals surface area contributed by atoms with E-state index in [1.54, 1.807) is 54.7 Å². The first-order valence-corrected chi connectivity index (χ1v) is 8.40. The standard InChI is InChI=1S/C17H25BrN2O4/c1-10-11(2)13(19-9-12(10)18)20(14(21)23-16(3,4)5)15(22)24-17(6,7)8/h9H,1-8H3. The molecule has 6 nitrogen and oxygen atoms in total. The van der Waals surface area contributed by atoms with Crippen LogP contribution in [-0.4, -0.2) is 28.4 Å². The Balaban J connectivity index is 3.36. The molecular formula is C17H25BrN2O4. The van der Waals surface area contributed by atoms with E-state index in [1.807, 2.05) is 6.92 Å². The van der Waals surface area contributed by atoms with E-state index in [2.05, 4.69) is 20.9 Å². The summed E-state index contributed by atoms with van der Waals surface area (Å²) in [7, 11) is 0. The fourth-order valence-corrected chi connectivity index (χ4v) is 2.15. The second-order valence-electron chi connectivity index (χ2n) is 7.48. The summed E-state index contributed by atoms with van der Waals surface area (Å²) in [6, 6.07) is 0. The van der Waals surface area contributed by atoms with Crippen LogP contribution in [0.4, 0.5) is 15.4 Å². The lowest BCUT2D eigenvalue weighted by atomic mass is 10.1. The summed E-state index contributed by atoms with van der Waals surface area (Å²) < 4.78 is 11.5. The summed E-state index contributed by atoms with van der Waals surface area (Å²) in [4.78, 5) is 30.2. The molecule has 134 valence electrons. The van der Waals surface area contributed by atoms with Crippen LogP contribution < -0.4 is 4.90 Å². The van der Waals surface area contributed by atoms with Crippen LogP contribution >= 0.6 is 15.9 Å². The van der Waals surface area contributed by atoms with Crippen LogP contribution in [0.3, 0.4) is 0 Å². The zero-order valence-corrected chi connectivity index (χ0v) is 17.1. The van der Waals surface area contributed by atoms with Gasteiger partial charge in [0.05, 0.1) is 0 Å². The summed E-state index contributed by atoms with van der Waals surface area (Å²) in [5, 5.41) is 0. The first kappa shape index (κ1) is 20.4. The van der Waals surface area contributed by atoms with Gasteiger partial charge in [-0.05, 0) is 82.4 Å². The summed E-state index contributed by atoms with van der Waals surface area (Å²) in [6.07, 6.45) is -0.109. The zero-order valence-electron chi connectivity index (χ0n) is 15.5. The van der Waals surface area contributed by atoms with Gasteiger partial charge in [0.25, 0.3) is 0 Å². The first-order chi connectivity index (χ1) is 10.7. The number of anilines is 1. The average Bonchev–Trinajstić information content (AvgIpc) is 2.35. The van der Waals surface area contributed by atoms with E-state index >= 15 is 0 Å². The van der Waals surface area contributed by atoms with Crippen LogP contribution in [0.25, 0.3) is 0 Å². The Hall–Kier alpha value is -1.63. The van der Waals surface area contributed by atoms with Crippen LogP contribution in [0.15, 0.2) is 10.7 Å². The molecular weight excluding hydrogens is 376 g/mol. The normalized spacial score (nSPS) is 11.9. The molecule has 0 aliphatic carbocycles. The highest BCUT2D eigenvalue weighted by Gasteiger charge is 2.34. The number of halogens is 1. The van der Waals surface area contributed by atoms with Gasteiger partial charge in [0, 0.05) is 10.7 Å². The average molecular weight is 401 g/mol. The Kier molecular flexibility index (Phi) is 6.03. The summed E-state index contributed by atoms with van der Waals surface area (Å²) in [5.74, 6) is 0.194. The van der Waals surface area contributed by atoms with E-state index in [9.17, 15) is 9.59 Å². The molecule has 2 amide bonds. The number of pyridine rings is 1. The van der Waals surface area contributed by atoms with Gasteiger partial charge in [-0.2, -0.15) is 4.90 Å². The molecule has 0 fully saturated rings. The van der Waals surface area contributed by atoms with Crippen LogP contribution in [0.1, 0.15) is 52.7 Å². The molecule has 7 heteroatoms. The number of hydrogen-bond acceptors (Lipinski definition) is 5. The molecule has 1 aromatic heterocycles. The number of rotatable bonds is 1. The minimum absolute atomic E-state index is 0.194. The van der Waals surface area contributed by atoms with Crippen molar-refractivity contribution < 1.29 is 19.1 Å². The Morgan fingerprint density at radius 3 is 1.75 bits per heavy atom. The number of carbonyl (C=O) groups is 2. The largest absolute Gasteiger partial charge is 0.443 e. The third-order valence-electron chi connectivity index (χ3n) is 2.92. The molecule has 0 aromatic carbocycles. The van der Waals surface area contributed by atoms with Crippen molar-refractivity contribution in [3.05, 3.63) is 21.8 Å². The van der Waals surface area contributed by atoms with E-state index in [0.717, 1.165) is 14.9 Å². The number of ether oxygens (including phenoxy) is 2. The van der Waals surface area contributed by atoms with Crippen molar-refractivity contribution in [1.82, 2.24) is 4.98 Å². The van der Waals surface area contributed by atoms with E-state index in [4.69, 9.17) is 9.47 Å². The molecule has 0 saturated carbocycles. The zero-order chi connectivity index (χ0) is 18.9. The van der Waals surface area contributed by atoms with Crippen molar-refractivity contribution in [3.8, 4) is 0 Å². The Morgan fingerprint density at radius 2 is 1.38 bits per heavy atom. The Labute approximate surface area is 151 Å². The fraction of sp³-hybridized carbons (Fsp3) is 0.588. The van der Waals surface area contributed by atoms with Gasteiger partial charge >= 0.3 is 12.2 Å². The quantitative estimate of drug-likeness (QED) is 0.652. The minimum atomic E-state index is -0.825. The van der Waals surface area contributed by atoms with Crippen LogP contribution in [0.5, 0.6) is 0 Å². The SMILES string of the molecule is Cc1c(Br)cnc(N(C(=O)OC(C)(C)C)C(=O)OC(C)(C)C)c1C. The molecule has 0 bridgehead atoms. The molecule has 0 radical (unpaired) electrons. The number of imide groups is 1. The maximum atomic E-state index is 12.6. The maximum Gasteiger partial charge on any atom is 0.425 e. The number of carbonyl (C=O) groups excluding carboxylic acids is 2. The molecule has 1 aromatic rings. The number of hydrogen-bond donors (Lipinski definition) is 0. The van der Waals surface area contributed by atoms with Gasteiger partial charge < -0.3 is 9.47 Å². The molecule has 24 heavy (non-hydrogen) atoms. The molecule has 0 saturated heterocycles. The highest BCUT2D eigenvalue weighted by Crippen LogP contribution is 2.28. The molecule has 0 N–H and O–H groups in total. The van der Waals surface area contributed by atoms with E-state index in [0.29, 0.717) is 5.56 Å². The monoisotopic (exact) mass is 400 g/mol. The third-order valence-corrected chi connectivity index (χ3v) is 3.72. The van der Waals surface area contributed by atoms with Crippen molar-refractivity contribution >= 4 is 33.9 Å². The van der Waals surface area contributed by atoms with Gasteiger partial charge in [0.2, 0.25) is 0 Å². The first-order valence-electron chi connectivity index (χ1n) is 7.61. The van der Waals surface area contributed by atoms with Crippen molar-refractivity contribution in [2.24, 2.45) is 0 Å². The van der Waals surface area contributed by atoms with Crippen molar-refractivity contribution in [2.45, 2.75) is 66.6 Å². The van der Waals surface area contributed by atoms with Gasteiger partial charge in [-0.1, -0.05) is 0 Å².